The summed E-state index contributed by atoms with van der Waals surface area (Å²) in [5.74, 6) is -0.692. The summed E-state index contributed by atoms with van der Waals surface area (Å²) in [6, 6.07) is 6.93. The molecule has 0 spiro atoms. The van der Waals surface area contributed by atoms with Crippen LogP contribution in [-0.2, 0) is 16.0 Å². The molecule has 3 heterocycles. The predicted octanol–water partition coefficient (Wildman–Crippen LogP) is 2.41. The number of aromatic nitrogens is 3. The van der Waals surface area contributed by atoms with E-state index < -0.39 is 17.6 Å². The first-order valence-corrected chi connectivity index (χ1v) is 9.89. The van der Waals surface area contributed by atoms with Crippen LogP contribution in [0.3, 0.4) is 0 Å². The lowest BCUT2D eigenvalue weighted by molar-refractivity contribution is -0.121. The molecule has 0 fully saturated rings. The Hall–Kier alpha value is -3.49. The molecule has 2 aromatic heterocycles. The number of carbonyl (C=O) groups is 2. The number of ether oxygens (including phenoxy) is 1. The number of carbonyl (C=O) groups excluding carboxylic acids is 2. The standard InChI is InChI=1S/C21H22N4O5/c1-4-29-21(28)17-16-18(30-23-17)22-13(3)25(20(16)27)12(2)19(26)24-11-7-9-14-8-5-6-10-15(14)24/h5-6,8,10,12H,4,7,9,11H2,1-3H3. The van der Waals surface area contributed by atoms with Gasteiger partial charge >= 0.3 is 5.97 Å². The maximum Gasteiger partial charge on any atom is 0.361 e. The number of hydrogen-bond donors (Lipinski definition) is 0. The van der Waals surface area contributed by atoms with Gasteiger partial charge in [-0.1, -0.05) is 23.4 Å². The Labute approximate surface area is 172 Å². The van der Waals surface area contributed by atoms with Gasteiger partial charge in [-0.3, -0.25) is 14.2 Å². The minimum absolute atomic E-state index is 0.0558. The molecule has 0 aliphatic carbocycles. The zero-order chi connectivity index (χ0) is 21.4. The van der Waals surface area contributed by atoms with E-state index in [0.29, 0.717) is 12.4 Å². The number of nitrogens with zero attached hydrogens (tertiary/aromatic N) is 4. The monoisotopic (exact) mass is 410 g/mol. The first-order valence-electron chi connectivity index (χ1n) is 9.89. The summed E-state index contributed by atoms with van der Waals surface area (Å²) in [7, 11) is 0. The first-order chi connectivity index (χ1) is 14.4. The molecule has 1 atom stereocenters. The topological polar surface area (TPSA) is 108 Å². The summed E-state index contributed by atoms with van der Waals surface area (Å²) in [5.41, 5.74) is 1.11. The minimum atomic E-state index is -0.828. The molecule has 1 aliphatic heterocycles. The van der Waals surface area contributed by atoms with Crippen molar-refractivity contribution in [2.45, 2.75) is 39.7 Å². The van der Waals surface area contributed by atoms with Crippen LogP contribution in [0.25, 0.3) is 11.1 Å². The summed E-state index contributed by atoms with van der Waals surface area (Å²) in [6.07, 6.45) is 1.75. The van der Waals surface area contributed by atoms with Gasteiger partial charge < -0.3 is 14.2 Å². The summed E-state index contributed by atoms with van der Waals surface area (Å²) in [6.45, 7) is 5.62. The Bertz CT molecular complexity index is 1200. The van der Waals surface area contributed by atoms with Crippen molar-refractivity contribution >= 4 is 28.7 Å². The van der Waals surface area contributed by atoms with Crippen molar-refractivity contribution in [3.8, 4) is 0 Å². The quantitative estimate of drug-likeness (QED) is 0.608. The van der Waals surface area contributed by atoms with E-state index in [1.807, 2.05) is 24.3 Å². The predicted molar refractivity (Wildman–Crippen MR) is 109 cm³/mol. The van der Waals surface area contributed by atoms with Crippen LogP contribution in [0.2, 0.25) is 0 Å². The van der Waals surface area contributed by atoms with Crippen LogP contribution >= 0.6 is 0 Å². The highest BCUT2D eigenvalue weighted by Gasteiger charge is 2.31. The van der Waals surface area contributed by atoms with Crippen molar-refractivity contribution in [3.63, 3.8) is 0 Å². The number of aryl methyl sites for hydroxylation is 2. The summed E-state index contributed by atoms with van der Waals surface area (Å²) < 4.78 is 11.3. The number of anilines is 1. The maximum absolute atomic E-state index is 13.4. The highest BCUT2D eigenvalue weighted by atomic mass is 16.5. The summed E-state index contributed by atoms with van der Waals surface area (Å²) in [5, 5.41) is 3.57. The zero-order valence-electron chi connectivity index (χ0n) is 17.0. The molecule has 9 nitrogen and oxygen atoms in total. The Kier molecular flexibility index (Phi) is 5.11. The van der Waals surface area contributed by atoms with E-state index >= 15 is 0 Å². The van der Waals surface area contributed by atoms with Gasteiger partial charge in [0.25, 0.3) is 11.3 Å². The fourth-order valence-corrected chi connectivity index (χ4v) is 3.91. The SMILES string of the molecule is CCOC(=O)c1noc2nc(C)n(C(C)C(=O)N3CCCc4ccccc43)c(=O)c12. The van der Waals surface area contributed by atoms with Crippen molar-refractivity contribution in [1.29, 1.82) is 0 Å². The molecule has 156 valence electrons. The van der Waals surface area contributed by atoms with Crippen molar-refractivity contribution in [3.05, 3.63) is 51.7 Å². The molecule has 1 unspecified atom stereocenters. The molecule has 0 N–H and O–H groups in total. The molecule has 1 aliphatic rings. The number of esters is 1. The fraction of sp³-hybridized carbons (Fsp3) is 0.381. The largest absolute Gasteiger partial charge is 0.461 e. The van der Waals surface area contributed by atoms with Gasteiger partial charge in [-0.15, -0.1) is 0 Å². The molecule has 1 aromatic carbocycles. The first kappa shape index (κ1) is 19.8. The van der Waals surface area contributed by atoms with Gasteiger partial charge in [-0.05, 0) is 45.2 Å². The lowest BCUT2D eigenvalue weighted by Gasteiger charge is -2.32. The Morgan fingerprint density at radius 1 is 1.30 bits per heavy atom. The van der Waals surface area contributed by atoms with Crippen LogP contribution in [0.15, 0.2) is 33.6 Å². The lowest BCUT2D eigenvalue weighted by atomic mass is 10.0. The summed E-state index contributed by atoms with van der Waals surface area (Å²) in [4.78, 5) is 44.7. The molecule has 0 saturated heterocycles. The van der Waals surface area contributed by atoms with E-state index in [1.54, 1.807) is 25.7 Å². The van der Waals surface area contributed by atoms with Gasteiger partial charge in [0, 0.05) is 12.2 Å². The van der Waals surface area contributed by atoms with Crippen molar-refractivity contribution in [2.75, 3.05) is 18.1 Å². The van der Waals surface area contributed by atoms with Crippen LogP contribution in [0, 0.1) is 6.92 Å². The molecule has 9 heteroatoms. The Balaban J connectivity index is 1.78. The second-order valence-corrected chi connectivity index (χ2v) is 7.16. The smallest absolute Gasteiger partial charge is 0.361 e. The van der Waals surface area contributed by atoms with E-state index in [2.05, 4.69) is 10.1 Å². The normalized spacial score (nSPS) is 14.4. The van der Waals surface area contributed by atoms with E-state index in [0.717, 1.165) is 24.1 Å². The zero-order valence-corrected chi connectivity index (χ0v) is 17.0. The Morgan fingerprint density at radius 3 is 2.83 bits per heavy atom. The van der Waals surface area contributed by atoms with Gasteiger partial charge in [-0.2, -0.15) is 4.98 Å². The fourth-order valence-electron chi connectivity index (χ4n) is 3.91. The third-order valence-corrected chi connectivity index (χ3v) is 5.31. The number of fused-ring (bicyclic) bond motifs is 2. The van der Waals surface area contributed by atoms with Gasteiger partial charge in [0.1, 0.15) is 17.3 Å². The van der Waals surface area contributed by atoms with E-state index in [4.69, 9.17) is 9.26 Å². The van der Waals surface area contributed by atoms with Crippen LogP contribution in [0.4, 0.5) is 5.69 Å². The molecular formula is C21H22N4O5. The maximum atomic E-state index is 13.4. The molecule has 3 aromatic rings. The van der Waals surface area contributed by atoms with Crippen molar-refractivity contribution < 1.29 is 18.8 Å². The van der Waals surface area contributed by atoms with Gasteiger partial charge in [0.05, 0.1) is 6.61 Å². The second kappa shape index (κ2) is 7.74. The van der Waals surface area contributed by atoms with Crippen molar-refractivity contribution in [1.82, 2.24) is 14.7 Å². The average molecular weight is 410 g/mol. The van der Waals surface area contributed by atoms with E-state index in [9.17, 15) is 14.4 Å². The van der Waals surface area contributed by atoms with Crippen LogP contribution in [-0.4, -0.2) is 39.7 Å². The van der Waals surface area contributed by atoms with Crippen LogP contribution in [0.1, 0.15) is 48.2 Å². The van der Waals surface area contributed by atoms with Gasteiger partial charge in [0.2, 0.25) is 11.6 Å². The van der Waals surface area contributed by atoms with Crippen LogP contribution in [0.5, 0.6) is 0 Å². The number of hydrogen-bond acceptors (Lipinski definition) is 7. The van der Waals surface area contributed by atoms with E-state index in [1.165, 1.54) is 4.57 Å². The third kappa shape index (κ3) is 3.16. The van der Waals surface area contributed by atoms with Crippen LogP contribution < -0.4 is 10.5 Å². The molecule has 4 rings (SSSR count). The Morgan fingerprint density at radius 2 is 2.07 bits per heavy atom. The molecule has 1 amide bonds. The lowest BCUT2D eigenvalue weighted by Crippen LogP contribution is -2.42. The highest BCUT2D eigenvalue weighted by Crippen LogP contribution is 2.29. The number of benzene rings is 1. The average Bonchev–Trinajstić information content (AvgIpc) is 3.17. The van der Waals surface area contributed by atoms with Gasteiger partial charge in [0.15, 0.2) is 0 Å². The number of para-hydroxylation sites is 1. The molecular weight excluding hydrogens is 388 g/mol. The van der Waals surface area contributed by atoms with Gasteiger partial charge in [-0.25, -0.2) is 4.79 Å². The number of amides is 1. The molecule has 30 heavy (non-hydrogen) atoms. The summed E-state index contributed by atoms with van der Waals surface area (Å²) >= 11 is 0. The number of rotatable bonds is 4. The molecule has 0 bridgehead atoms. The molecule has 0 saturated carbocycles. The highest BCUT2D eigenvalue weighted by molar-refractivity contribution is 6.00. The second-order valence-electron chi connectivity index (χ2n) is 7.16. The van der Waals surface area contributed by atoms with E-state index in [-0.39, 0.29) is 29.3 Å². The minimum Gasteiger partial charge on any atom is -0.461 e. The third-order valence-electron chi connectivity index (χ3n) is 5.31. The van der Waals surface area contributed by atoms with Crippen molar-refractivity contribution in [2.24, 2.45) is 0 Å². The molecule has 0 radical (unpaired) electrons.